The maximum Gasteiger partial charge on any atom is 0.231 e. The molecule has 2 N–H and O–H groups in total. The molecule has 0 unspecified atom stereocenters. The van der Waals surface area contributed by atoms with Gasteiger partial charge in [0.05, 0.1) is 6.61 Å². The van der Waals surface area contributed by atoms with Crippen molar-refractivity contribution in [3.8, 4) is 22.9 Å². The molecular formula is C21H22N4O3. The Bertz CT molecular complexity index is 934. The number of benzene rings is 2. The van der Waals surface area contributed by atoms with E-state index in [1.807, 2.05) is 54.6 Å². The van der Waals surface area contributed by atoms with Gasteiger partial charge in [0.15, 0.2) is 17.3 Å². The normalized spacial score (nSPS) is 12.0. The number of fused-ring (bicyclic) bond motifs is 1. The molecule has 1 aromatic heterocycles. The Labute approximate surface area is 163 Å². The van der Waals surface area contributed by atoms with Crippen molar-refractivity contribution >= 4 is 11.6 Å². The van der Waals surface area contributed by atoms with Gasteiger partial charge >= 0.3 is 0 Å². The Morgan fingerprint density at radius 3 is 2.54 bits per heavy atom. The maximum absolute atomic E-state index is 5.44. The summed E-state index contributed by atoms with van der Waals surface area (Å²) in [6.07, 6.45) is 0. The molecule has 0 spiro atoms. The molecule has 2 heterocycles. The van der Waals surface area contributed by atoms with Crippen LogP contribution < -0.4 is 20.1 Å². The Morgan fingerprint density at radius 2 is 1.71 bits per heavy atom. The minimum Gasteiger partial charge on any atom is -0.454 e. The van der Waals surface area contributed by atoms with Crippen molar-refractivity contribution in [3.63, 3.8) is 0 Å². The zero-order chi connectivity index (χ0) is 19.2. The van der Waals surface area contributed by atoms with Crippen molar-refractivity contribution in [2.75, 3.05) is 37.7 Å². The summed E-state index contributed by atoms with van der Waals surface area (Å²) in [4.78, 5) is 9.29. The number of anilines is 2. The Kier molecular flexibility index (Phi) is 5.53. The van der Waals surface area contributed by atoms with Crippen LogP contribution in [-0.2, 0) is 11.3 Å². The van der Waals surface area contributed by atoms with Crippen molar-refractivity contribution in [3.05, 3.63) is 60.2 Å². The maximum atomic E-state index is 5.44. The number of hydrogen-bond donors (Lipinski definition) is 2. The minimum atomic E-state index is 0.273. The van der Waals surface area contributed by atoms with Gasteiger partial charge in [-0.1, -0.05) is 36.4 Å². The van der Waals surface area contributed by atoms with Gasteiger partial charge in [0, 0.05) is 31.8 Å². The van der Waals surface area contributed by atoms with Gasteiger partial charge < -0.3 is 24.8 Å². The molecule has 0 saturated heterocycles. The molecule has 7 heteroatoms. The Morgan fingerprint density at radius 1 is 0.929 bits per heavy atom. The molecule has 144 valence electrons. The quantitative estimate of drug-likeness (QED) is 0.581. The molecule has 0 atom stereocenters. The summed E-state index contributed by atoms with van der Waals surface area (Å²) in [5.74, 6) is 3.71. The third-order valence-electron chi connectivity index (χ3n) is 4.28. The standard InChI is InChI=1S/C21H22N4O3/c1-26-10-9-22-19-12-20(25-21(24-19)16-5-3-2-4-6-16)23-13-15-7-8-17-18(11-15)28-14-27-17/h2-8,11-12H,9-10,13-14H2,1H3,(H2,22,23,24,25). The molecule has 0 bridgehead atoms. The number of hydrogen-bond acceptors (Lipinski definition) is 7. The fourth-order valence-electron chi connectivity index (χ4n) is 2.87. The van der Waals surface area contributed by atoms with Crippen LogP contribution in [0.4, 0.5) is 11.6 Å². The van der Waals surface area contributed by atoms with E-state index in [9.17, 15) is 0 Å². The average molecular weight is 378 g/mol. The van der Waals surface area contributed by atoms with Gasteiger partial charge in [-0.15, -0.1) is 0 Å². The molecule has 2 aromatic carbocycles. The van der Waals surface area contributed by atoms with E-state index in [1.54, 1.807) is 7.11 Å². The lowest BCUT2D eigenvalue weighted by molar-refractivity contribution is 0.174. The predicted molar refractivity (Wildman–Crippen MR) is 108 cm³/mol. The van der Waals surface area contributed by atoms with Crippen LogP contribution >= 0.6 is 0 Å². The highest BCUT2D eigenvalue weighted by Gasteiger charge is 2.13. The van der Waals surface area contributed by atoms with Crippen LogP contribution in [-0.4, -0.2) is 37.0 Å². The van der Waals surface area contributed by atoms with Crippen molar-refractivity contribution in [2.24, 2.45) is 0 Å². The lowest BCUT2D eigenvalue weighted by Crippen LogP contribution is -2.11. The number of rotatable bonds is 8. The summed E-state index contributed by atoms with van der Waals surface area (Å²) in [5.41, 5.74) is 2.04. The topological polar surface area (TPSA) is 77.5 Å². The first kappa shape index (κ1) is 18.1. The van der Waals surface area contributed by atoms with Crippen molar-refractivity contribution < 1.29 is 14.2 Å². The van der Waals surface area contributed by atoms with Crippen molar-refractivity contribution in [1.29, 1.82) is 0 Å². The highest BCUT2D eigenvalue weighted by molar-refractivity contribution is 5.61. The molecule has 1 aliphatic rings. The van der Waals surface area contributed by atoms with E-state index in [0.29, 0.717) is 25.5 Å². The van der Waals surface area contributed by atoms with E-state index in [0.717, 1.165) is 34.3 Å². The van der Waals surface area contributed by atoms with E-state index in [4.69, 9.17) is 14.2 Å². The van der Waals surface area contributed by atoms with Gasteiger partial charge in [0.25, 0.3) is 0 Å². The molecule has 0 fully saturated rings. The fraction of sp³-hybridized carbons (Fsp3) is 0.238. The van der Waals surface area contributed by atoms with Gasteiger partial charge in [0.2, 0.25) is 6.79 Å². The second kappa shape index (κ2) is 8.58. The summed E-state index contributed by atoms with van der Waals surface area (Å²) in [6, 6.07) is 17.7. The van der Waals surface area contributed by atoms with Gasteiger partial charge in [0.1, 0.15) is 11.6 Å². The summed E-state index contributed by atoms with van der Waals surface area (Å²) in [7, 11) is 1.68. The van der Waals surface area contributed by atoms with Gasteiger partial charge in [-0.2, -0.15) is 0 Å². The number of ether oxygens (including phenoxy) is 3. The van der Waals surface area contributed by atoms with Crippen molar-refractivity contribution in [1.82, 2.24) is 9.97 Å². The second-order valence-corrected chi connectivity index (χ2v) is 6.29. The summed E-state index contributed by atoms with van der Waals surface area (Å²) in [5, 5.41) is 6.65. The molecule has 0 radical (unpaired) electrons. The number of aromatic nitrogens is 2. The highest BCUT2D eigenvalue weighted by Crippen LogP contribution is 2.32. The van der Waals surface area contributed by atoms with E-state index in [1.165, 1.54) is 0 Å². The van der Waals surface area contributed by atoms with Crippen LogP contribution in [0.15, 0.2) is 54.6 Å². The number of nitrogens with one attached hydrogen (secondary N) is 2. The first-order chi connectivity index (χ1) is 13.8. The first-order valence-corrected chi connectivity index (χ1v) is 9.11. The molecule has 0 saturated carbocycles. The Balaban J connectivity index is 1.53. The van der Waals surface area contributed by atoms with Crippen LogP contribution in [0, 0.1) is 0 Å². The first-order valence-electron chi connectivity index (χ1n) is 9.11. The number of nitrogens with zero attached hydrogens (tertiary/aromatic N) is 2. The molecule has 0 amide bonds. The van der Waals surface area contributed by atoms with Crippen LogP contribution in [0.1, 0.15) is 5.56 Å². The molecule has 28 heavy (non-hydrogen) atoms. The van der Waals surface area contributed by atoms with E-state index in [-0.39, 0.29) is 6.79 Å². The lowest BCUT2D eigenvalue weighted by Gasteiger charge is -2.12. The van der Waals surface area contributed by atoms with Crippen LogP contribution in [0.25, 0.3) is 11.4 Å². The van der Waals surface area contributed by atoms with Gasteiger partial charge in [-0.25, -0.2) is 9.97 Å². The minimum absolute atomic E-state index is 0.273. The summed E-state index contributed by atoms with van der Waals surface area (Å²) in [6.45, 7) is 2.16. The third kappa shape index (κ3) is 4.32. The molecule has 4 rings (SSSR count). The monoisotopic (exact) mass is 378 g/mol. The zero-order valence-corrected chi connectivity index (χ0v) is 15.6. The smallest absolute Gasteiger partial charge is 0.231 e. The average Bonchev–Trinajstić information content (AvgIpc) is 3.21. The van der Waals surface area contributed by atoms with Gasteiger partial charge in [-0.3, -0.25) is 0 Å². The second-order valence-electron chi connectivity index (χ2n) is 6.29. The Hall–Kier alpha value is -3.32. The lowest BCUT2D eigenvalue weighted by atomic mass is 10.2. The zero-order valence-electron chi connectivity index (χ0n) is 15.6. The van der Waals surface area contributed by atoms with E-state index < -0.39 is 0 Å². The van der Waals surface area contributed by atoms with Crippen LogP contribution in [0.5, 0.6) is 11.5 Å². The van der Waals surface area contributed by atoms with Gasteiger partial charge in [-0.05, 0) is 17.7 Å². The molecule has 7 nitrogen and oxygen atoms in total. The highest BCUT2D eigenvalue weighted by atomic mass is 16.7. The molecular weight excluding hydrogens is 356 g/mol. The molecule has 1 aliphatic heterocycles. The summed E-state index contributed by atoms with van der Waals surface area (Å²) < 4.78 is 15.9. The number of methoxy groups -OCH3 is 1. The van der Waals surface area contributed by atoms with Crippen LogP contribution in [0.2, 0.25) is 0 Å². The predicted octanol–water partition coefficient (Wildman–Crippen LogP) is 3.54. The SMILES string of the molecule is COCCNc1cc(NCc2ccc3c(c2)OCO3)nc(-c2ccccc2)n1. The molecule has 0 aliphatic carbocycles. The van der Waals surface area contributed by atoms with Crippen LogP contribution in [0.3, 0.4) is 0 Å². The van der Waals surface area contributed by atoms with Crippen molar-refractivity contribution in [2.45, 2.75) is 6.54 Å². The molecule has 3 aromatic rings. The fourth-order valence-corrected chi connectivity index (χ4v) is 2.87. The third-order valence-corrected chi connectivity index (χ3v) is 4.28. The largest absolute Gasteiger partial charge is 0.454 e. The van der Waals surface area contributed by atoms with E-state index >= 15 is 0 Å². The van der Waals surface area contributed by atoms with E-state index in [2.05, 4.69) is 20.6 Å². The summed E-state index contributed by atoms with van der Waals surface area (Å²) >= 11 is 0.